The van der Waals surface area contributed by atoms with Gasteiger partial charge in [-0.1, -0.05) is 36.4 Å². The van der Waals surface area contributed by atoms with Crippen molar-refractivity contribution in [1.29, 1.82) is 0 Å². The van der Waals surface area contributed by atoms with Crippen LogP contribution in [0.5, 0.6) is 5.75 Å². The molecule has 2 amide bonds. The van der Waals surface area contributed by atoms with Gasteiger partial charge in [0.2, 0.25) is 0 Å². The molecule has 0 radical (unpaired) electrons. The highest BCUT2D eigenvalue weighted by Crippen LogP contribution is 2.26. The summed E-state index contributed by atoms with van der Waals surface area (Å²) >= 11 is 0. The minimum atomic E-state index is -0.0998. The number of rotatable bonds is 4. The van der Waals surface area contributed by atoms with Crippen LogP contribution < -0.4 is 10.1 Å². The van der Waals surface area contributed by atoms with Gasteiger partial charge in [0.05, 0.1) is 19.3 Å². The van der Waals surface area contributed by atoms with Gasteiger partial charge in [-0.2, -0.15) is 0 Å². The largest absolute Gasteiger partial charge is 0.490 e. The molecule has 5 nitrogen and oxygen atoms in total. The van der Waals surface area contributed by atoms with Gasteiger partial charge in [0, 0.05) is 18.3 Å². The van der Waals surface area contributed by atoms with Gasteiger partial charge in [-0.3, -0.25) is 0 Å². The molecule has 1 saturated carbocycles. The molecule has 0 bridgehead atoms. The van der Waals surface area contributed by atoms with Gasteiger partial charge in [-0.05, 0) is 43.4 Å². The summed E-state index contributed by atoms with van der Waals surface area (Å²) in [4.78, 5) is 14.5. The van der Waals surface area contributed by atoms with Gasteiger partial charge in [-0.15, -0.1) is 0 Å². The molecular weight excluding hydrogens is 340 g/mol. The number of hydrogen-bond acceptors (Lipinski definition) is 3. The van der Waals surface area contributed by atoms with Crippen LogP contribution in [0.25, 0.3) is 0 Å². The Hall–Kier alpha value is -2.53. The third-order valence-corrected chi connectivity index (χ3v) is 5.22. The lowest BCUT2D eigenvalue weighted by Crippen LogP contribution is -2.44. The molecule has 2 aromatic carbocycles. The molecule has 1 heterocycles. The molecule has 1 aliphatic heterocycles. The number of urea groups is 1. The summed E-state index contributed by atoms with van der Waals surface area (Å²) in [5.74, 6) is 0.823. The van der Waals surface area contributed by atoms with Crippen molar-refractivity contribution in [3.05, 3.63) is 60.2 Å². The summed E-state index contributed by atoms with van der Waals surface area (Å²) in [7, 11) is 0. The first-order valence-electron chi connectivity index (χ1n) is 9.77. The number of morpholine rings is 1. The lowest BCUT2D eigenvalue weighted by Gasteiger charge is -2.33. The molecule has 1 saturated heterocycles. The lowest BCUT2D eigenvalue weighted by molar-refractivity contribution is -0.0135. The Morgan fingerprint density at radius 1 is 1.07 bits per heavy atom. The summed E-state index contributed by atoms with van der Waals surface area (Å²) in [6.45, 7) is 1.68. The van der Waals surface area contributed by atoms with Crippen molar-refractivity contribution in [3.63, 3.8) is 0 Å². The molecule has 0 spiro atoms. The summed E-state index contributed by atoms with van der Waals surface area (Å²) in [5, 5.41) is 3.00. The molecule has 0 aromatic heterocycles. The average Bonchev–Trinajstić information content (AvgIpc) is 3.22. The second-order valence-corrected chi connectivity index (χ2v) is 7.20. The van der Waals surface area contributed by atoms with Gasteiger partial charge in [0.15, 0.2) is 0 Å². The second-order valence-electron chi connectivity index (χ2n) is 7.20. The van der Waals surface area contributed by atoms with E-state index in [2.05, 4.69) is 5.32 Å². The Morgan fingerprint density at radius 3 is 2.70 bits per heavy atom. The first-order chi connectivity index (χ1) is 13.3. The second kappa shape index (κ2) is 8.44. The van der Waals surface area contributed by atoms with E-state index < -0.39 is 0 Å². The van der Waals surface area contributed by atoms with E-state index in [9.17, 15) is 4.79 Å². The molecule has 1 atom stereocenters. The van der Waals surface area contributed by atoms with Crippen LogP contribution in [0.4, 0.5) is 10.5 Å². The highest BCUT2D eigenvalue weighted by atomic mass is 16.5. The minimum Gasteiger partial charge on any atom is -0.490 e. The van der Waals surface area contributed by atoms with Crippen molar-refractivity contribution in [2.24, 2.45) is 0 Å². The van der Waals surface area contributed by atoms with Gasteiger partial charge in [-0.25, -0.2) is 4.79 Å². The third kappa shape index (κ3) is 4.61. The Bertz CT molecular complexity index is 759. The van der Waals surface area contributed by atoms with E-state index in [0.29, 0.717) is 25.8 Å². The van der Waals surface area contributed by atoms with E-state index in [-0.39, 0.29) is 12.1 Å². The highest BCUT2D eigenvalue weighted by Gasteiger charge is 2.25. The van der Waals surface area contributed by atoms with Crippen molar-refractivity contribution in [2.75, 3.05) is 25.0 Å². The number of anilines is 1. The van der Waals surface area contributed by atoms with Crippen molar-refractivity contribution in [3.8, 4) is 5.75 Å². The first-order valence-corrected chi connectivity index (χ1v) is 9.77. The molecular formula is C22H26N2O3. The smallest absolute Gasteiger partial charge is 0.322 e. The van der Waals surface area contributed by atoms with Crippen LogP contribution in [0.2, 0.25) is 0 Å². The number of nitrogens with zero attached hydrogens (tertiary/aromatic N) is 1. The van der Waals surface area contributed by atoms with E-state index in [1.807, 2.05) is 59.5 Å². The molecule has 4 rings (SSSR count). The number of ether oxygens (including phenoxy) is 2. The molecule has 1 N–H and O–H groups in total. The number of carbonyl (C=O) groups excluding carboxylic acids is 1. The quantitative estimate of drug-likeness (QED) is 0.859. The summed E-state index contributed by atoms with van der Waals surface area (Å²) in [6.07, 6.45) is 4.93. The van der Waals surface area contributed by atoms with Gasteiger partial charge < -0.3 is 19.7 Å². The zero-order valence-corrected chi connectivity index (χ0v) is 15.5. The van der Waals surface area contributed by atoms with Crippen LogP contribution in [0, 0.1) is 0 Å². The van der Waals surface area contributed by atoms with Gasteiger partial charge >= 0.3 is 6.03 Å². The Morgan fingerprint density at radius 2 is 1.89 bits per heavy atom. The third-order valence-electron chi connectivity index (χ3n) is 5.22. The van der Waals surface area contributed by atoms with Crippen molar-refractivity contribution in [2.45, 2.75) is 37.9 Å². The van der Waals surface area contributed by atoms with Gasteiger partial charge in [0.1, 0.15) is 11.9 Å². The number of nitrogens with one attached hydrogen (secondary N) is 1. The fourth-order valence-corrected chi connectivity index (χ4v) is 3.75. The van der Waals surface area contributed by atoms with Crippen LogP contribution >= 0.6 is 0 Å². The van der Waals surface area contributed by atoms with E-state index in [1.54, 1.807) is 0 Å². The first kappa shape index (κ1) is 17.9. The monoisotopic (exact) mass is 366 g/mol. The topological polar surface area (TPSA) is 50.8 Å². The van der Waals surface area contributed by atoms with Crippen LogP contribution in [0.1, 0.15) is 37.4 Å². The SMILES string of the molecule is O=C(Nc1cccc(OC2CCCC2)c1)N1CCO[C@@H](c2ccccc2)C1. The lowest BCUT2D eigenvalue weighted by atomic mass is 10.1. The summed E-state index contributed by atoms with van der Waals surface area (Å²) in [6, 6.07) is 17.6. The molecule has 1 aliphatic carbocycles. The normalized spacial score (nSPS) is 20.4. The zero-order chi connectivity index (χ0) is 18.5. The average molecular weight is 366 g/mol. The number of amides is 2. The molecule has 142 valence electrons. The molecule has 2 fully saturated rings. The highest BCUT2D eigenvalue weighted by molar-refractivity contribution is 5.89. The van der Waals surface area contributed by atoms with Crippen molar-refractivity contribution in [1.82, 2.24) is 4.90 Å². The Labute approximate surface area is 160 Å². The zero-order valence-electron chi connectivity index (χ0n) is 15.5. The van der Waals surface area contributed by atoms with E-state index >= 15 is 0 Å². The van der Waals surface area contributed by atoms with Crippen LogP contribution in [0.15, 0.2) is 54.6 Å². The van der Waals surface area contributed by atoms with E-state index in [1.165, 1.54) is 12.8 Å². The van der Waals surface area contributed by atoms with Crippen LogP contribution in [0.3, 0.4) is 0 Å². The fraction of sp³-hybridized carbons (Fsp3) is 0.409. The minimum absolute atomic E-state index is 0.0808. The summed E-state index contributed by atoms with van der Waals surface area (Å²) < 4.78 is 11.9. The van der Waals surface area contributed by atoms with Crippen molar-refractivity contribution < 1.29 is 14.3 Å². The van der Waals surface area contributed by atoms with Crippen molar-refractivity contribution >= 4 is 11.7 Å². The molecule has 0 unspecified atom stereocenters. The van der Waals surface area contributed by atoms with E-state index in [0.717, 1.165) is 29.8 Å². The fourth-order valence-electron chi connectivity index (χ4n) is 3.75. The van der Waals surface area contributed by atoms with Crippen LogP contribution in [-0.2, 0) is 4.74 Å². The maximum atomic E-state index is 12.7. The van der Waals surface area contributed by atoms with Crippen LogP contribution in [-0.4, -0.2) is 36.7 Å². The maximum absolute atomic E-state index is 12.7. The molecule has 5 heteroatoms. The molecule has 27 heavy (non-hydrogen) atoms. The number of carbonyl (C=O) groups is 1. The number of benzene rings is 2. The molecule has 2 aromatic rings. The Kier molecular flexibility index (Phi) is 5.58. The van der Waals surface area contributed by atoms with Gasteiger partial charge in [0.25, 0.3) is 0 Å². The predicted molar refractivity (Wildman–Crippen MR) is 105 cm³/mol. The maximum Gasteiger partial charge on any atom is 0.322 e. The Balaban J connectivity index is 1.37. The standard InChI is InChI=1S/C22H26N2O3/c25-22(24-13-14-26-21(16-24)17-7-2-1-3-8-17)23-18-9-6-12-20(15-18)27-19-10-4-5-11-19/h1-3,6-9,12,15,19,21H,4-5,10-11,13-14,16H2,(H,23,25)/t21-/m1/s1. The molecule has 2 aliphatic rings. The summed E-state index contributed by atoms with van der Waals surface area (Å²) in [5.41, 5.74) is 1.86. The van der Waals surface area contributed by atoms with E-state index in [4.69, 9.17) is 9.47 Å². The number of hydrogen-bond donors (Lipinski definition) is 1. The predicted octanol–water partition coefficient (Wildman–Crippen LogP) is 4.61.